The fourth-order valence-electron chi connectivity index (χ4n) is 7.09. The summed E-state index contributed by atoms with van der Waals surface area (Å²) in [5, 5.41) is 16.2. The van der Waals surface area contributed by atoms with E-state index in [2.05, 4.69) is 10.6 Å². The molecule has 4 aliphatic heterocycles. The number of halogens is 1. The van der Waals surface area contributed by atoms with Gasteiger partial charge in [-0.25, -0.2) is 9.59 Å². The highest BCUT2D eigenvalue weighted by atomic mass is 35.5. The Bertz CT molecular complexity index is 1500. The molecule has 5 aliphatic rings. The second-order valence-corrected chi connectivity index (χ2v) is 14.6. The van der Waals surface area contributed by atoms with Gasteiger partial charge in [0.1, 0.15) is 34.6 Å². The first-order valence-electron chi connectivity index (χ1n) is 16.1. The summed E-state index contributed by atoms with van der Waals surface area (Å²) in [4.78, 5) is 55.1. The Morgan fingerprint density at radius 2 is 1.98 bits per heavy atom. The van der Waals surface area contributed by atoms with E-state index in [1.54, 1.807) is 27.0 Å². The number of carbonyl (C=O) groups excluding carboxylic acids is 3. The fraction of sp³-hybridized carbons (Fsp3) is 0.588. The van der Waals surface area contributed by atoms with Gasteiger partial charge in [-0.2, -0.15) is 0 Å². The van der Waals surface area contributed by atoms with E-state index in [0.29, 0.717) is 36.6 Å². The molecule has 4 heterocycles. The van der Waals surface area contributed by atoms with Gasteiger partial charge in [0.2, 0.25) is 11.8 Å². The van der Waals surface area contributed by atoms with E-state index in [4.69, 9.17) is 25.8 Å². The average molecular weight is 656 g/mol. The number of alkyl carbamates (subject to hydrolysis) is 1. The maximum Gasteiger partial charge on any atom is 0.408 e. The number of aliphatic carboxylic acids is 1. The minimum atomic E-state index is -1.42. The Balaban J connectivity index is 1.29. The summed E-state index contributed by atoms with van der Waals surface area (Å²) >= 11 is 6.53. The minimum Gasteiger partial charge on any atom is -0.492 e. The molecule has 1 aromatic carbocycles. The van der Waals surface area contributed by atoms with Crippen molar-refractivity contribution in [3.63, 3.8) is 0 Å². The number of allylic oxidation sites excluding steroid dienone is 1. The van der Waals surface area contributed by atoms with Crippen LogP contribution >= 0.6 is 11.6 Å². The predicted octanol–water partition coefficient (Wildman–Crippen LogP) is 4.75. The van der Waals surface area contributed by atoms with Gasteiger partial charge in [-0.15, -0.1) is 0 Å². The van der Waals surface area contributed by atoms with Crippen molar-refractivity contribution in [2.45, 2.75) is 107 Å². The second kappa shape index (κ2) is 12.1. The van der Waals surface area contributed by atoms with Gasteiger partial charge in [0.25, 0.3) is 0 Å². The lowest BCUT2D eigenvalue weighted by atomic mass is 9.90. The highest BCUT2D eigenvalue weighted by Crippen LogP contribution is 2.48. The molecule has 3 amide bonds. The molecule has 3 N–H and O–H groups in total. The van der Waals surface area contributed by atoms with Gasteiger partial charge in [-0.1, -0.05) is 36.6 Å². The van der Waals surface area contributed by atoms with Crippen molar-refractivity contribution in [1.29, 1.82) is 0 Å². The number of hydrogen-bond donors (Lipinski definition) is 3. The van der Waals surface area contributed by atoms with Crippen LogP contribution in [0.15, 0.2) is 30.5 Å². The van der Waals surface area contributed by atoms with Crippen LogP contribution in [-0.4, -0.2) is 75.9 Å². The maximum absolute atomic E-state index is 14.3. The quantitative estimate of drug-likeness (QED) is 0.396. The largest absolute Gasteiger partial charge is 0.492 e. The summed E-state index contributed by atoms with van der Waals surface area (Å²) in [6, 6.07) is 1.93. The number of carboxylic acids is 1. The lowest BCUT2D eigenvalue weighted by Gasteiger charge is -2.30. The molecule has 1 spiro atoms. The van der Waals surface area contributed by atoms with E-state index in [0.717, 1.165) is 42.4 Å². The predicted molar refractivity (Wildman–Crippen MR) is 169 cm³/mol. The molecule has 1 unspecified atom stereocenters. The van der Waals surface area contributed by atoms with Crippen LogP contribution in [-0.2, 0) is 30.3 Å². The Hall–Kier alpha value is -3.73. The second-order valence-electron chi connectivity index (χ2n) is 14.2. The van der Waals surface area contributed by atoms with Gasteiger partial charge in [0, 0.05) is 25.2 Å². The van der Waals surface area contributed by atoms with Crippen LogP contribution < -0.4 is 15.4 Å². The number of benzene rings is 1. The number of carboxylic acid groups (broad SMARTS) is 1. The summed E-state index contributed by atoms with van der Waals surface area (Å²) in [5.41, 5.74) is -0.331. The van der Waals surface area contributed by atoms with Gasteiger partial charge in [0.05, 0.1) is 24.4 Å². The highest BCUT2D eigenvalue weighted by Gasteiger charge is 2.62. The first kappa shape index (κ1) is 32.2. The van der Waals surface area contributed by atoms with Crippen LogP contribution in [0.1, 0.15) is 83.3 Å². The zero-order valence-electron chi connectivity index (χ0n) is 26.5. The molecule has 0 aromatic heterocycles. The van der Waals surface area contributed by atoms with E-state index < -0.39 is 52.7 Å². The van der Waals surface area contributed by atoms with Crippen molar-refractivity contribution < 1.29 is 38.5 Å². The fourth-order valence-corrected chi connectivity index (χ4v) is 7.39. The molecule has 46 heavy (non-hydrogen) atoms. The third kappa shape index (κ3) is 6.43. The Morgan fingerprint density at radius 3 is 2.74 bits per heavy atom. The third-order valence-corrected chi connectivity index (χ3v) is 9.80. The number of fused-ring (bicyclic) bond motifs is 3. The van der Waals surface area contributed by atoms with Crippen LogP contribution in [0.3, 0.4) is 0 Å². The number of carbonyl (C=O) groups is 4. The topological polar surface area (TPSA) is 144 Å². The first-order valence-corrected chi connectivity index (χ1v) is 16.5. The van der Waals surface area contributed by atoms with Gasteiger partial charge in [-0.05, 0) is 75.3 Å². The summed E-state index contributed by atoms with van der Waals surface area (Å²) < 4.78 is 17.4. The molecule has 0 radical (unpaired) electrons. The van der Waals surface area contributed by atoms with Crippen LogP contribution in [0.2, 0.25) is 5.02 Å². The maximum atomic E-state index is 14.3. The number of nitrogens with one attached hydrogen (secondary N) is 2. The molecule has 1 saturated carbocycles. The van der Waals surface area contributed by atoms with E-state index in [-0.39, 0.29) is 25.3 Å². The summed E-state index contributed by atoms with van der Waals surface area (Å²) in [5.74, 6) is -1.72. The summed E-state index contributed by atoms with van der Waals surface area (Å²) in [7, 11) is 0. The lowest BCUT2D eigenvalue weighted by Crippen LogP contribution is -2.56. The molecular weight excluding hydrogens is 614 g/mol. The van der Waals surface area contributed by atoms with Crippen LogP contribution in [0.25, 0.3) is 5.57 Å². The van der Waals surface area contributed by atoms with E-state index in [1.807, 2.05) is 24.3 Å². The zero-order valence-corrected chi connectivity index (χ0v) is 27.3. The van der Waals surface area contributed by atoms with Gasteiger partial charge < -0.3 is 34.9 Å². The van der Waals surface area contributed by atoms with Crippen molar-refractivity contribution in [3.8, 4) is 5.75 Å². The molecule has 1 aromatic rings. The SMILES string of the molecule is CC(C)(C)OC(=O)N[C@H]1CCCCC/C=C\[C@@H]2CC2(C(=O)O)NC(=O)[C@@H]2C[C@]3(CC(c4cc(Cl)c5c(c4)CCO5)=CO3)CN2C1=O. The highest BCUT2D eigenvalue weighted by molar-refractivity contribution is 6.32. The molecule has 248 valence electrons. The van der Waals surface area contributed by atoms with Crippen molar-refractivity contribution in [3.05, 3.63) is 46.7 Å². The molecule has 1 saturated heterocycles. The third-order valence-electron chi connectivity index (χ3n) is 9.52. The standard InChI is InChI=1S/C34H42ClN3O8/c1-32(2,3)46-31(43)36-25-10-8-6-4-5-7-9-23-16-34(23,30(41)42)37-28(39)26-17-33(19-38(26)29(25)40)15-22(18-45-33)21-13-20-11-12-44-27(20)24(35)14-21/h7,9,13-14,18,23,25-26H,4-6,8,10-12,15-17,19H2,1-3H3,(H,36,43)(H,37,39)(H,41,42)/b9-7-/t23-,25+,26+,33-,34?/m1/s1. The van der Waals surface area contributed by atoms with Crippen molar-refractivity contribution >= 4 is 41.1 Å². The molecule has 6 rings (SSSR count). The van der Waals surface area contributed by atoms with Crippen molar-refractivity contribution in [2.24, 2.45) is 5.92 Å². The van der Waals surface area contributed by atoms with Crippen LogP contribution in [0.5, 0.6) is 5.75 Å². The molecule has 5 atom stereocenters. The van der Waals surface area contributed by atoms with E-state index in [9.17, 15) is 24.3 Å². The van der Waals surface area contributed by atoms with Crippen molar-refractivity contribution in [2.75, 3.05) is 13.2 Å². The molecular formula is C34H42ClN3O8. The first-order chi connectivity index (χ1) is 21.8. The Morgan fingerprint density at radius 1 is 1.17 bits per heavy atom. The Kier molecular flexibility index (Phi) is 8.50. The summed E-state index contributed by atoms with van der Waals surface area (Å²) in [6.45, 7) is 5.89. The molecule has 2 fully saturated rings. The smallest absolute Gasteiger partial charge is 0.408 e. The molecule has 11 nitrogen and oxygen atoms in total. The summed E-state index contributed by atoms with van der Waals surface area (Å²) in [6.07, 6.45) is 9.84. The molecule has 1 aliphatic carbocycles. The molecule has 12 heteroatoms. The number of nitrogens with zero attached hydrogens (tertiary/aromatic N) is 1. The van der Waals surface area contributed by atoms with E-state index >= 15 is 0 Å². The normalized spacial score (nSPS) is 31.6. The number of amides is 3. The molecule has 0 bridgehead atoms. The average Bonchev–Trinajstić information content (AvgIpc) is 3.34. The van der Waals surface area contributed by atoms with Crippen LogP contribution in [0, 0.1) is 5.92 Å². The number of ether oxygens (including phenoxy) is 3. The van der Waals surface area contributed by atoms with Gasteiger partial charge >= 0.3 is 12.1 Å². The Labute approximate surface area is 273 Å². The zero-order chi connectivity index (χ0) is 32.9. The van der Waals surface area contributed by atoms with Crippen molar-refractivity contribution in [1.82, 2.24) is 15.5 Å². The minimum absolute atomic E-state index is 0.0849. The van der Waals surface area contributed by atoms with Gasteiger partial charge in [0.15, 0.2) is 0 Å². The van der Waals surface area contributed by atoms with Crippen LogP contribution in [0.4, 0.5) is 4.79 Å². The number of rotatable bonds is 3. The van der Waals surface area contributed by atoms with E-state index in [1.165, 1.54) is 4.90 Å². The lowest BCUT2D eigenvalue weighted by molar-refractivity contribution is -0.145. The monoisotopic (exact) mass is 655 g/mol. The van der Waals surface area contributed by atoms with Gasteiger partial charge in [-0.3, -0.25) is 9.59 Å². The number of hydrogen-bond acceptors (Lipinski definition) is 7.